The molecule has 0 rings (SSSR count). The zero-order valence-corrected chi connectivity index (χ0v) is 6.45. The standard InChI is InChI=1S/C2H3N.FH.K/c1-2-3;;/h1H3;1H;/q;;+1/p-1. The van der Waals surface area contributed by atoms with Crippen molar-refractivity contribution in [1.82, 2.24) is 0 Å². The fourth-order valence-corrected chi connectivity index (χ4v) is 0. The van der Waals surface area contributed by atoms with E-state index in [9.17, 15) is -0.211 Å². The van der Waals surface area contributed by atoms with Gasteiger partial charge in [-0.25, -0.2) is 0 Å². The molecule has 0 aliphatic rings. The first-order valence-electron chi connectivity index (χ1n) is 1.10. The van der Waals surface area contributed by atoms with Gasteiger partial charge in [0.25, 0.3) is 0 Å². The molecule has 0 fully saturated rings. The Morgan fingerprint density at radius 3 is 1.80 bits per heavy atom. The molecule has 0 amide bonds. The van der Waals surface area contributed by atoms with Gasteiger partial charge in [0.2, 0.25) is 0 Å². The van der Waals surface area contributed by atoms with Crippen molar-refractivity contribution in [3.05, 3.63) is 0 Å². The summed E-state index contributed by atoms with van der Waals surface area (Å²) in [5.74, 6) is 0. The van der Waals surface area contributed by atoms with Crippen LogP contribution in [0, 0.1) is 11.3 Å². The van der Waals surface area contributed by atoms with Crippen molar-refractivity contribution in [3.63, 3.8) is 0 Å². The summed E-state index contributed by atoms with van der Waals surface area (Å²) >= 11 is -0.438. The summed E-state index contributed by atoms with van der Waals surface area (Å²) in [4.78, 5) is 0. The van der Waals surface area contributed by atoms with Gasteiger partial charge in [-0.05, 0) is 0 Å². The molecule has 3 heteroatoms. The molecule has 0 unspecified atom stereocenters. The van der Waals surface area contributed by atoms with Crippen LogP contribution in [0.3, 0.4) is 0 Å². The van der Waals surface area contributed by atoms with Crippen molar-refractivity contribution >= 4 is 49.9 Å². The van der Waals surface area contributed by atoms with Crippen LogP contribution in [0.25, 0.3) is 0 Å². The maximum absolute atomic E-state index is 9.69. The summed E-state index contributed by atoms with van der Waals surface area (Å²) in [7, 11) is 0. The Labute approximate surface area is 66.8 Å². The molecule has 0 aromatic heterocycles. The van der Waals surface area contributed by atoms with Crippen LogP contribution >= 0.6 is 0 Å². The predicted octanol–water partition coefficient (Wildman–Crippen LogP) is 0.569. The van der Waals surface area contributed by atoms with Gasteiger partial charge < -0.3 is 0 Å². The van der Waals surface area contributed by atoms with E-state index in [0.717, 1.165) is 0 Å². The average Bonchev–Trinajstić information content (AvgIpc) is 1.46. The summed E-state index contributed by atoms with van der Waals surface area (Å²) < 4.78 is 9.69. The van der Waals surface area contributed by atoms with Gasteiger partial charge in [-0.1, -0.05) is 0 Å². The minimum absolute atomic E-state index is 0.438. The van der Waals surface area contributed by atoms with E-state index in [0.29, 0.717) is 0 Å². The SMILES string of the molecule is CC#N.[F][K]. The van der Waals surface area contributed by atoms with Crippen LogP contribution in [-0.2, 0) is 0 Å². The summed E-state index contributed by atoms with van der Waals surface area (Å²) in [6.45, 7) is 1.43. The first kappa shape index (κ1) is 9.41. The normalized spacial score (nSPS) is 3.00. The maximum atomic E-state index is 9.69. The zero-order valence-electron chi connectivity index (χ0n) is 3.33. The molecule has 0 radical (unpaired) electrons. The Balaban J connectivity index is 0. The number of halogens is 1. The number of nitriles is 1. The van der Waals surface area contributed by atoms with Crippen LogP contribution < -0.4 is 0 Å². The van der Waals surface area contributed by atoms with Crippen molar-refractivity contribution < 1.29 is -0.211 Å². The van der Waals surface area contributed by atoms with Crippen LogP contribution in [0.5, 0.6) is 0 Å². The van der Waals surface area contributed by atoms with Crippen LogP contribution in [0.4, 0.5) is -0.211 Å². The predicted molar refractivity (Wildman–Crippen MR) is 18.1 cm³/mol. The van der Waals surface area contributed by atoms with E-state index in [1.807, 2.05) is 0 Å². The monoisotopic (exact) mass is 99.0 g/mol. The Bertz CT molecular complexity index is 31.1. The molecule has 0 aromatic carbocycles. The van der Waals surface area contributed by atoms with Gasteiger partial charge in [0.15, 0.2) is 0 Å². The van der Waals surface area contributed by atoms with Crippen molar-refractivity contribution in [2.45, 2.75) is 6.92 Å². The quantitative estimate of drug-likeness (QED) is 0.407. The molecular formula is C2H3FKN. The van der Waals surface area contributed by atoms with Gasteiger partial charge >= 0.3 is 49.7 Å². The molecule has 5 heavy (non-hydrogen) atoms. The van der Waals surface area contributed by atoms with Crippen LogP contribution in [0.2, 0.25) is 0 Å². The van der Waals surface area contributed by atoms with Gasteiger partial charge in [-0.2, -0.15) is 5.26 Å². The topological polar surface area (TPSA) is 23.8 Å². The molecule has 0 bridgehead atoms. The third-order valence-corrected chi connectivity index (χ3v) is 0. The minimum atomic E-state index is -0.438. The van der Waals surface area contributed by atoms with Gasteiger partial charge in [0.1, 0.15) is 0 Å². The summed E-state index contributed by atoms with van der Waals surface area (Å²) in [6, 6.07) is 1.75. The molecule has 1 nitrogen and oxygen atoms in total. The number of hydrogen-bond donors (Lipinski definition) is 0. The van der Waals surface area contributed by atoms with Crippen molar-refractivity contribution in [2.75, 3.05) is 0 Å². The Kier molecular flexibility index (Phi) is 37.0. The second-order valence-electron chi connectivity index (χ2n) is 0.224. The van der Waals surface area contributed by atoms with Gasteiger partial charge in [-0.15, -0.1) is 0 Å². The van der Waals surface area contributed by atoms with E-state index in [2.05, 4.69) is 0 Å². The number of nitrogens with zero attached hydrogens (tertiary/aromatic N) is 1. The van der Waals surface area contributed by atoms with E-state index in [-0.39, 0.29) is 0 Å². The van der Waals surface area contributed by atoms with Crippen LogP contribution in [-0.4, -0.2) is 49.9 Å². The van der Waals surface area contributed by atoms with Crippen molar-refractivity contribution in [3.8, 4) is 6.07 Å². The first-order chi connectivity index (χ1) is 2.41. The molecule has 0 saturated carbocycles. The Morgan fingerprint density at radius 2 is 1.80 bits per heavy atom. The Morgan fingerprint density at radius 1 is 1.80 bits per heavy atom. The fourth-order valence-electron chi connectivity index (χ4n) is 0. The van der Waals surface area contributed by atoms with E-state index >= 15 is 0 Å². The summed E-state index contributed by atoms with van der Waals surface area (Å²) in [5.41, 5.74) is 0. The average molecular weight is 99.1 g/mol. The first-order valence-corrected chi connectivity index (χ1v) is 2.28. The Hall–Kier alpha value is 1.06. The summed E-state index contributed by atoms with van der Waals surface area (Å²) in [6.07, 6.45) is 0. The molecule has 0 heterocycles. The molecule has 0 spiro atoms. The summed E-state index contributed by atoms with van der Waals surface area (Å²) in [5, 5.41) is 7.32. The molecule has 0 N–H and O–H groups in total. The van der Waals surface area contributed by atoms with Crippen LogP contribution in [0.15, 0.2) is 0 Å². The van der Waals surface area contributed by atoms with Gasteiger partial charge in [-0.3, -0.25) is 0 Å². The van der Waals surface area contributed by atoms with E-state index in [1.165, 1.54) is 6.92 Å². The van der Waals surface area contributed by atoms with Crippen molar-refractivity contribution in [2.24, 2.45) is 0 Å². The van der Waals surface area contributed by atoms with E-state index in [4.69, 9.17) is 5.26 Å². The molecular weight excluding hydrogens is 96.1 g/mol. The third kappa shape index (κ3) is 42.3. The van der Waals surface area contributed by atoms with Gasteiger partial charge in [0.05, 0.1) is 6.07 Å². The van der Waals surface area contributed by atoms with Gasteiger partial charge in [0, 0.05) is 6.92 Å². The fraction of sp³-hybridized carbons (Fsp3) is 0.500. The van der Waals surface area contributed by atoms with E-state index in [1.54, 1.807) is 6.07 Å². The zero-order chi connectivity index (χ0) is 4.71. The molecule has 0 aromatic rings. The van der Waals surface area contributed by atoms with E-state index < -0.39 is 49.9 Å². The molecule has 0 aliphatic heterocycles. The number of rotatable bonds is 0. The van der Waals surface area contributed by atoms with Crippen LogP contribution in [0.1, 0.15) is 6.92 Å². The molecule has 0 saturated heterocycles. The molecule has 0 aliphatic carbocycles. The second kappa shape index (κ2) is 19.7. The van der Waals surface area contributed by atoms with Crippen molar-refractivity contribution in [1.29, 1.82) is 5.26 Å². The third-order valence-electron chi connectivity index (χ3n) is 0. The molecule has 24 valence electrons. The number of hydrogen-bond acceptors (Lipinski definition) is 1. The second-order valence-corrected chi connectivity index (χ2v) is 0.224. The molecule has 0 atom stereocenters.